The molecule has 0 unspecified atom stereocenters. The van der Waals surface area contributed by atoms with Crippen molar-refractivity contribution < 1.29 is 9.53 Å². The van der Waals surface area contributed by atoms with Gasteiger partial charge in [0.15, 0.2) is 11.2 Å². The second-order valence-corrected chi connectivity index (χ2v) is 9.65. The number of amides is 1. The van der Waals surface area contributed by atoms with Gasteiger partial charge in [0, 0.05) is 19.7 Å². The minimum Gasteiger partial charge on any atom is -0.463 e. The molecular weight excluding hydrogens is 432 g/mol. The molecule has 1 fully saturated rings. The van der Waals surface area contributed by atoms with E-state index in [1.807, 2.05) is 0 Å². The van der Waals surface area contributed by atoms with Crippen molar-refractivity contribution in [2.45, 2.75) is 46.2 Å². The first kappa shape index (κ1) is 22.3. The monoisotopic (exact) mass is 458 g/mol. The average molecular weight is 459 g/mol. The number of hydrogen-bond acceptors (Lipinski definition) is 8. The zero-order valence-electron chi connectivity index (χ0n) is 18.6. The van der Waals surface area contributed by atoms with E-state index in [2.05, 4.69) is 51.7 Å². The molecule has 1 atom stereocenters. The molecule has 2 N–H and O–H groups in total. The summed E-state index contributed by atoms with van der Waals surface area (Å²) in [6.07, 6.45) is 2.34. The quantitative estimate of drug-likeness (QED) is 0.576. The van der Waals surface area contributed by atoms with Gasteiger partial charge < -0.3 is 15.4 Å². The topological polar surface area (TPSA) is 120 Å². The van der Waals surface area contributed by atoms with Crippen LogP contribution in [0.25, 0.3) is 11.2 Å². The number of aromatic nitrogens is 6. The zero-order valence-corrected chi connectivity index (χ0v) is 19.4. The highest BCUT2D eigenvalue weighted by Crippen LogP contribution is 2.32. The van der Waals surface area contributed by atoms with E-state index in [4.69, 9.17) is 21.3 Å². The molecule has 32 heavy (non-hydrogen) atoms. The van der Waals surface area contributed by atoms with Crippen molar-refractivity contribution >= 4 is 28.7 Å². The van der Waals surface area contributed by atoms with Crippen molar-refractivity contribution in [3.8, 4) is 6.01 Å². The van der Waals surface area contributed by atoms with Gasteiger partial charge in [-0.1, -0.05) is 37.6 Å². The lowest BCUT2D eigenvalue weighted by Gasteiger charge is -2.29. The van der Waals surface area contributed by atoms with Crippen LogP contribution in [0.1, 0.15) is 45.5 Å². The maximum absolute atomic E-state index is 12.1. The largest absolute Gasteiger partial charge is 0.463 e. The van der Waals surface area contributed by atoms with Gasteiger partial charge in [0.25, 0.3) is 0 Å². The van der Waals surface area contributed by atoms with Crippen LogP contribution in [-0.2, 0) is 16.9 Å². The molecule has 3 aromatic rings. The molecule has 0 saturated carbocycles. The predicted octanol–water partition coefficient (Wildman–Crippen LogP) is 2.07. The standard InChI is InChI=1S/C21H27ClN8O2/c1-13(31)27-21(7-9-23-11-21)17-16-18(26-19(25-17)32-12-20(2,3)4)30(29-28-16)10-15-14(22)6-5-8-24-15/h5-6,8,23H,7,9-12H2,1-4H3,(H,27,31)/t21-/m0/s1. The molecule has 0 bridgehead atoms. The predicted molar refractivity (Wildman–Crippen MR) is 119 cm³/mol. The first-order valence-electron chi connectivity index (χ1n) is 10.5. The Hall–Kier alpha value is -2.85. The van der Waals surface area contributed by atoms with Gasteiger partial charge in [0.1, 0.15) is 5.69 Å². The van der Waals surface area contributed by atoms with E-state index in [-0.39, 0.29) is 23.9 Å². The molecule has 1 aliphatic rings. The molecule has 4 heterocycles. The third kappa shape index (κ3) is 4.66. The molecule has 0 aliphatic carbocycles. The molecule has 0 spiro atoms. The first-order chi connectivity index (χ1) is 15.2. The van der Waals surface area contributed by atoms with E-state index in [1.165, 1.54) is 6.92 Å². The van der Waals surface area contributed by atoms with Crippen LogP contribution in [0.2, 0.25) is 5.02 Å². The lowest BCUT2D eigenvalue weighted by molar-refractivity contribution is -0.120. The van der Waals surface area contributed by atoms with E-state index in [0.29, 0.717) is 47.1 Å². The Labute approximate surface area is 191 Å². The Morgan fingerprint density at radius 1 is 1.38 bits per heavy atom. The third-order valence-corrected chi connectivity index (χ3v) is 5.48. The lowest BCUT2D eigenvalue weighted by atomic mass is 9.93. The second-order valence-electron chi connectivity index (χ2n) is 9.25. The van der Waals surface area contributed by atoms with E-state index in [9.17, 15) is 4.79 Å². The lowest BCUT2D eigenvalue weighted by Crippen LogP contribution is -2.47. The van der Waals surface area contributed by atoms with Crippen molar-refractivity contribution in [3.05, 3.63) is 34.7 Å². The van der Waals surface area contributed by atoms with Crippen LogP contribution in [0, 0.1) is 5.41 Å². The second kappa shape index (κ2) is 8.59. The molecule has 170 valence electrons. The highest BCUT2D eigenvalue weighted by Gasteiger charge is 2.41. The van der Waals surface area contributed by atoms with Crippen LogP contribution in [0.15, 0.2) is 18.3 Å². The molecule has 1 amide bonds. The fourth-order valence-electron chi connectivity index (χ4n) is 3.70. The fourth-order valence-corrected chi connectivity index (χ4v) is 3.88. The van der Waals surface area contributed by atoms with Crippen LogP contribution in [0.3, 0.4) is 0 Å². The molecular formula is C21H27ClN8O2. The highest BCUT2D eigenvalue weighted by molar-refractivity contribution is 6.31. The van der Waals surface area contributed by atoms with Crippen LogP contribution < -0.4 is 15.4 Å². The third-order valence-electron chi connectivity index (χ3n) is 5.13. The van der Waals surface area contributed by atoms with Gasteiger partial charge in [-0.2, -0.15) is 9.97 Å². The molecule has 11 heteroatoms. The summed E-state index contributed by atoms with van der Waals surface area (Å²) < 4.78 is 7.59. The number of hydrogen-bond donors (Lipinski definition) is 2. The Bertz CT molecular complexity index is 1130. The zero-order chi connectivity index (χ0) is 22.9. The maximum Gasteiger partial charge on any atom is 0.318 e. The number of fused-ring (bicyclic) bond motifs is 1. The summed E-state index contributed by atoms with van der Waals surface area (Å²) in [4.78, 5) is 25.7. The molecule has 1 aliphatic heterocycles. The fraction of sp³-hybridized carbons (Fsp3) is 0.524. The smallest absolute Gasteiger partial charge is 0.318 e. The maximum atomic E-state index is 12.1. The van der Waals surface area contributed by atoms with Crippen molar-refractivity contribution in [3.63, 3.8) is 0 Å². The van der Waals surface area contributed by atoms with Crippen LogP contribution in [-0.4, -0.2) is 55.5 Å². The molecule has 4 rings (SSSR count). The number of rotatable bonds is 6. The van der Waals surface area contributed by atoms with Crippen LogP contribution in [0.5, 0.6) is 6.01 Å². The number of nitrogens with zero attached hydrogens (tertiary/aromatic N) is 6. The molecule has 0 radical (unpaired) electrons. The number of ether oxygens (including phenoxy) is 1. The Morgan fingerprint density at radius 2 is 2.19 bits per heavy atom. The van der Waals surface area contributed by atoms with Crippen molar-refractivity contribution in [1.29, 1.82) is 0 Å². The molecule has 1 saturated heterocycles. The SMILES string of the molecule is CC(=O)N[C@@]1(c2nc(OCC(C)(C)C)nc3c2nnn3Cc2ncccc2Cl)CCNC1. The van der Waals surface area contributed by atoms with E-state index in [1.54, 1.807) is 23.0 Å². The minimum atomic E-state index is -0.726. The average Bonchev–Trinajstić information content (AvgIpc) is 3.34. The Morgan fingerprint density at radius 3 is 2.84 bits per heavy atom. The van der Waals surface area contributed by atoms with E-state index in [0.717, 1.165) is 6.54 Å². The van der Waals surface area contributed by atoms with Gasteiger partial charge in [-0.15, -0.1) is 5.10 Å². The Kier molecular flexibility index (Phi) is 6.00. The van der Waals surface area contributed by atoms with Crippen molar-refractivity contribution in [2.75, 3.05) is 19.7 Å². The summed E-state index contributed by atoms with van der Waals surface area (Å²) in [7, 11) is 0. The van der Waals surface area contributed by atoms with Gasteiger partial charge in [-0.25, -0.2) is 4.68 Å². The minimum absolute atomic E-state index is 0.0807. The molecule has 0 aromatic carbocycles. The van der Waals surface area contributed by atoms with Gasteiger partial charge in [-0.05, 0) is 30.5 Å². The van der Waals surface area contributed by atoms with E-state index < -0.39 is 5.54 Å². The van der Waals surface area contributed by atoms with Crippen molar-refractivity contribution in [2.24, 2.45) is 5.41 Å². The van der Waals surface area contributed by atoms with Crippen LogP contribution in [0.4, 0.5) is 0 Å². The number of carbonyl (C=O) groups is 1. The number of pyridine rings is 1. The summed E-state index contributed by atoms with van der Waals surface area (Å²) in [6, 6.07) is 3.76. The van der Waals surface area contributed by atoms with Crippen molar-refractivity contribution in [1.82, 2.24) is 40.6 Å². The molecule has 10 nitrogen and oxygen atoms in total. The number of nitrogens with one attached hydrogen (secondary N) is 2. The summed E-state index contributed by atoms with van der Waals surface area (Å²) >= 11 is 6.30. The number of halogens is 1. The van der Waals surface area contributed by atoms with Gasteiger partial charge in [0.2, 0.25) is 5.91 Å². The van der Waals surface area contributed by atoms with Gasteiger partial charge in [-0.3, -0.25) is 9.78 Å². The van der Waals surface area contributed by atoms with Crippen LogP contribution >= 0.6 is 11.6 Å². The van der Waals surface area contributed by atoms with Gasteiger partial charge in [0.05, 0.1) is 29.4 Å². The van der Waals surface area contributed by atoms with E-state index >= 15 is 0 Å². The highest BCUT2D eigenvalue weighted by atomic mass is 35.5. The summed E-state index contributed by atoms with van der Waals surface area (Å²) in [5.74, 6) is -0.148. The normalized spacial score (nSPS) is 18.8. The van der Waals surface area contributed by atoms with Gasteiger partial charge >= 0.3 is 6.01 Å². The Balaban J connectivity index is 1.84. The summed E-state index contributed by atoms with van der Waals surface area (Å²) in [5.41, 5.74) is 1.44. The first-order valence-corrected chi connectivity index (χ1v) is 10.9. The number of carbonyl (C=O) groups excluding carboxylic acids is 1. The molecule has 3 aromatic heterocycles. The summed E-state index contributed by atoms with van der Waals surface area (Å²) in [5, 5.41) is 15.6. The summed E-state index contributed by atoms with van der Waals surface area (Å²) in [6.45, 7) is 9.68.